The van der Waals surface area contributed by atoms with E-state index in [1.54, 1.807) is 75.4 Å². The molecule has 2 aromatic carbocycles. The SMILES string of the molecule is CC(C)(C)OC(=O)[C@H](O)[C@@H](NC(=O)c1ccccc1)c1ccccc1. The Balaban J connectivity index is 2.25. The number of benzene rings is 2. The van der Waals surface area contributed by atoms with Crippen LogP contribution in [0.2, 0.25) is 0 Å². The highest BCUT2D eigenvalue weighted by atomic mass is 16.6. The molecular weight excluding hydrogens is 318 g/mol. The number of hydrogen-bond donors (Lipinski definition) is 2. The van der Waals surface area contributed by atoms with Crippen molar-refractivity contribution in [2.45, 2.75) is 38.5 Å². The molecule has 0 spiro atoms. The zero-order valence-corrected chi connectivity index (χ0v) is 14.6. The van der Waals surface area contributed by atoms with E-state index in [1.165, 1.54) is 0 Å². The van der Waals surface area contributed by atoms with Crippen molar-refractivity contribution in [3.05, 3.63) is 71.8 Å². The topological polar surface area (TPSA) is 75.6 Å². The van der Waals surface area contributed by atoms with Crippen LogP contribution in [0.25, 0.3) is 0 Å². The molecule has 0 fully saturated rings. The Morgan fingerprint density at radius 1 is 0.960 bits per heavy atom. The number of aliphatic hydroxyl groups is 1. The highest BCUT2D eigenvalue weighted by molar-refractivity contribution is 5.94. The fourth-order valence-corrected chi connectivity index (χ4v) is 2.32. The summed E-state index contributed by atoms with van der Waals surface area (Å²) in [5.41, 5.74) is 0.327. The number of rotatable bonds is 5. The van der Waals surface area contributed by atoms with Gasteiger partial charge in [-0.25, -0.2) is 4.79 Å². The van der Waals surface area contributed by atoms with Gasteiger partial charge >= 0.3 is 5.97 Å². The summed E-state index contributed by atoms with van der Waals surface area (Å²) in [5.74, 6) is -1.16. The summed E-state index contributed by atoms with van der Waals surface area (Å²) in [4.78, 5) is 24.7. The Morgan fingerprint density at radius 3 is 2.00 bits per heavy atom. The molecule has 0 heterocycles. The van der Waals surface area contributed by atoms with Crippen LogP contribution in [0.5, 0.6) is 0 Å². The number of nitrogens with one attached hydrogen (secondary N) is 1. The highest BCUT2D eigenvalue weighted by Gasteiger charge is 2.32. The molecule has 0 bridgehead atoms. The molecule has 5 nitrogen and oxygen atoms in total. The van der Waals surface area contributed by atoms with Crippen LogP contribution >= 0.6 is 0 Å². The third-order valence-electron chi connectivity index (χ3n) is 3.45. The minimum Gasteiger partial charge on any atom is -0.458 e. The number of aliphatic hydroxyl groups excluding tert-OH is 1. The average molecular weight is 341 g/mol. The van der Waals surface area contributed by atoms with Crippen LogP contribution in [0.15, 0.2) is 60.7 Å². The standard InChI is InChI=1S/C20H23NO4/c1-20(2,3)25-19(24)17(22)16(14-10-6-4-7-11-14)21-18(23)15-12-8-5-9-13-15/h4-13,16-17,22H,1-3H3,(H,21,23)/t16-,17+/m0/s1. The summed E-state index contributed by atoms with van der Waals surface area (Å²) in [6, 6.07) is 16.6. The molecule has 132 valence electrons. The summed E-state index contributed by atoms with van der Waals surface area (Å²) in [6.07, 6.45) is -1.52. The fourth-order valence-electron chi connectivity index (χ4n) is 2.32. The molecule has 0 aromatic heterocycles. The van der Waals surface area contributed by atoms with Crippen molar-refractivity contribution in [2.24, 2.45) is 0 Å². The molecule has 5 heteroatoms. The van der Waals surface area contributed by atoms with Gasteiger partial charge in [-0.15, -0.1) is 0 Å². The molecule has 0 aliphatic rings. The second-order valence-electron chi connectivity index (χ2n) is 6.71. The monoisotopic (exact) mass is 341 g/mol. The smallest absolute Gasteiger partial charge is 0.338 e. The molecule has 0 saturated heterocycles. The largest absolute Gasteiger partial charge is 0.458 e. The molecule has 0 unspecified atom stereocenters. The van der Waals surface area contributed by atoms with Gasteiger partial charge in [0.2, 0.25) is 0 Å². The molecule has 0 aliphatic heterocycles. The summed E-state index contributed by atoms with van der Waals surface area (Å²) in [7, 11) is 0. The number of amides is 1. The van der Waals surface area contributed by atoms with Gasteiger partial charge in [0, 0.05) is 5.56 Å². The maximum Gasteiger partial charge on any atom is 0.338 e. The zero-order chi connectivity index (χ0) is 18.4. The van der Waals surface area contributed by atoms with Gasteiger partial charge in [0.15, 0.2) is 6.10 Å². The number of carbonyl (C=O) groups excluding carboxylic acids is 2. The van der Waals surface area contributed by atoms with E-state index in [0.29, 0.717) is 11.1 Å². The van der Waals surface area contributed by atoms with E-state index in [0.717, 1.165) is 0 Å². The minimum atomic E-state index is -1.52. The lowest BCUT2D eigenvalue weighted by Crippen LogP contribution is -2.43. The van der Waals surface area contributed by atoms with Crippen LogP contribution < -0.4 is 5.32 Å². The van der Waals surface area contributed by atoms with Crippen molar-refractivity contribution >= 4 is 11.9 Å². The second-order valence-corrected chi connectivity index (χ2v) is 6.71. The molecule has 0 saturated carbocycles. The first kappa shape index (κ1) is 18.7. The van der Waals surface area contributed by atoms with Crippen molar-refractivity contribution in [1.29, 1.82) is 0 Å². The van der Waals surface area contributed by atoms with Crippen LogP contribution in [0.4, 0.5) is 0 Å². The summed E-state index contributed by atoms with van der Waals surface area (Å²) in [6.45, 7) is 5.16. The Bertz CT molecular complexity index is 707. The van der Waals surface area contributed by atoms with Crippen LogP contribution in [0.3, 0.4) is 0 Å². The quantitative estimate of drug-likeness (QED) is 0.820. The maximum absolute atomic E-state index is 12.5. The summed E-state index contributed by atoms with van der Waals surface area (Å²) >= 11 is 0. The first-order valence-corrected chi connectivity index (χ1v) is 8.10. The Hall–Kier alpha value is -2.66. The van der Waals surface area contributed by atoms with Crippen molar-refractivity contribution in [1.82, 2.24) is 5.32 Å². The highest BCUT2D eigenvalue weighted by Crippen LogP contribution is 2.21. The molecular formula is C20H23NO4. The van der Waals surface area contributed by atoms with Gasteiger partial charge in [-0.05, 0) is 38.5 Å². The third kappa shape index (κ3) is 5.43. The number of carbonyl (C=O) groups is 2. The average Bonchev–Trinajstić information content (AvgIpc) is 2.59. The van der Waals surface area contributed by atoms with E-state index in [9.17, 15) is 14.7 Å². The lowest BCUT2D eigenvalue weighted by Gasteiger charge is -2.27. The predicted molar refractivity (Wildman–Crippen MR) is 94.9 cm³/mol. The zero-order valence-electron chi connectivity index (χ0n) is 14.6. The Kier molecular flexibility index (Phi) is 5.93. The van der Waals surface area contributed by atoms with Crippen molar-refractivity contribution in [2.75, 3.05) is 0 Å². The van der Waals surface area contributed by atoms with Gasteiger partial charge in [-0.2, -0.15) is 0 Å². The summed E-state index contributed by atoms with van der Waals surface area (Å²) in [5, 5.41) is 13.2. The van der Waals surface area contributed by atoms with E-state index < -0.39 is 23.7 Å². The van der Waals surface area contributed by atoms with Gasteiger partial charge in [0.05, 0.1) is 6.04 Å². The molecule has 0 aliphatic carbocycles. The van der Waals surface area contributed by atoms with Crippen LogP contribution in [-0.4, -0.2) is 28.7 Å². The third-order valence-corrected chi connectivity index (χ3v) is 3.45. The van der Waals surface area contributed by atoms with Crippen LogP contribution in [0.1, 0.15) is 42.7 Å². The van der Waals surface area contributed by atoms with Crippen LogP contribution in [-0.2, 0) is 9.53 Å². The molecule has 2 atom stereocenters. The molecule has 2 aromatic rings. The second kappa shape index (κ2) is 7.94. The van der Waals surface area contributed by atoms with Crippen molar-refractivity contribution in [3.63, 3.8) is 0 Å². The predicted octanol–water partition coefficient (Wildman–Crippen LogP) is 2.86. The minimum absolute atomic E-state index is 0.378. The molecule has 0 radical (unpaired) electrons. The van der Waals surface area contributed by atoms with Crippen molar-refractivity contribution in [3.8, 4) is 0 Å². The number of hydrogen-bond acceptors (Lipinski definition) is 4. The van der Waals surface area contributed by atoms with Gasteiger partial charge in [0.25, 0.3) is 5.91 Å². The number of esters is 1. The van der Waals surface area contributed by atoms with Gasteiger partial charge in [-0.3, -0.25) is 4.79 Å². The van der Waals surface area contributed by atoms with Crippen LogP contribution in [0, 0.1) is 0 Å². The fraction of sp³-hybridized carbons (Fsp3) is 0.300. The first-order chi connectivity index (χ1) is 11.8. The van der Waals surface area contributed by atoms with E-state index in [2.05, 4.69) is 5.32 Å². The lowest BCUT2D eigenvalue weighted by atomic mass is 10.0. The molecule has 1 amide bonds. The molecule has 2 N–H and O–H groups in total. The van der Waals surface area contributed by atoms with E-state index in [1.807, 2.05) is 6.07 Å². The van der Waals surface area contributed by atoms with E-state index in [-0.39, 0.29) is 5.91 Å². The molecule has 25 heavy (non-hydrogen) atoms. The number of ether oxygens (including phenoxy) is 1. The first-order valence-electron chi connectivity index (χ1n) is 8.10. The normalized spacial score (nSPS) is 13.6. The molecule has 2 rings (SSSR count). The van der Waals surface area contributed by atoms with Gasteiger partial charge in [-0.1, -0.05) is 48.5 Å². The Labute approximate surface area is 147 Å². The van der Waals surface area contributed by atoms with E-state index >= 15 is 0 Å². The lowest BCUT2D eigenvalue weighted by molar-refractivity contribution is -0.166. The van der Waals surface area contributed by atoms with Gasteiger partial charge in [0.1, 0.15) is 5.60 Å². The Morgan fingerprint density at radius 2 is 1.48 bits per heavy atom. The van der Waals surface area contributed by atoms with Gasteiger partial charge < -0.3 is 15.2 Å². The van der Waals surface area contributed by atoms with E-state index in [4.69, 9.17) is 4.74 Å². The summed E-state index contributed by atoms with van der Waals surface area (Å²) < 4.78 is 5.25. The maximum atomic E-state index is 12.5. The van der Waals surface area contributed by atoms with Crippen molar-refractivity contribution < 1.29 is 19.4 Å².